The van der Waals surface area contributed by atoms with Crippen LogP contribution in [0.1, 0.15) is 30.2 Å². The molecule has 0 aliphatic rings. The van der Waals surface area contributed by atoms with Gasteiger partial charge >= 0.3 is 0 Å². The Balaban J connectivity index is 2.00. The maximum Gasteiger partial charge on any atom is 0.295 e. The van der Waals surface area contributed by atoms with E-state index in [2.05, 4.69) is 10.3 Å². The zero-order chi connectivity index (χ0) is 21.2. The minimum atomic E-state index is -3.17. The molecular formula is C21H24F4N2O2. The monoisotopic (exact) mass is 412 g/mol. The Bertz CT molecular complexity index is 754. The molecule has 1 aromatic carbocycles. The molecule has 1 heterocycles. The second kappa shape index (κ2) is 11.6. The summed E-state index contributed by atoms with van der Waals surface area (Å²) in [5.74, 6) is -2.60. The van der Waals surface area contributed by atoms with Gasteiger partial charge in [-0.05, 0) is 30.2 Å². The van der Waals surface area contributed by atoms with Crippen molar-refractivity contribution in [2.75, 3.05) is 19.9 Å². The first kappa shape index (κ1) is 23.0. The summed E-state index contributed by atoms with van der Waals surface area (Å²) < 4.78 is 50.0. The van der Waals surface area contributed by atoms with Gasteiger partial charge in [-0.15, -0.1) is 0 Å². The molecule has 2 N–H and O–H groups in total. The van der Waals surface area contributed by atoms with Gasteiger partial charge in [-0.2, -0.15) is 0 Å². The van der Waals surface area contributed by atoms with Crippen LogP contribution >= 0.6 is 0 Å². The number of aromatic nitrogens is 1. The third kappa shape index (κ3) is 6.90. The number of halogens is 4. The molecule has 158 valence electrons. The van der Waals surface area contributed by atoms with Gasteiger partial charge in [0.15, 0.2) is 5.78 Å². The van der Waals surface area contributed by atoms with Gasteiger partial charge in [-0.1, -0.05) is 30.3 Å². The fourth-order valence-electron chi connectivity index (χ4n) is 2.85. The normalized spacial score (nSPS) is 13.4. The highest BCUT2D eigenvalue weighted by atomic mass is 19.3. The van der Waals surface area contributed by atoms with Crippen LogP contribution in [-0.2, 0) is 11.3 Å². The molecule has 29 heavy (non-hydrogen) atoms. The Morgan fingerprint density at radius 1 is 1.07 bits per heavy atom. The average Bonchev–Trinajstić information content (AvgIpc) is 2.75. The van der Waals surface area contributed by atoms with Crippen molar-refractivity contribution < 1.29 is 27.5 Å². The summed E-state index contributed by atoms with van der Waals surface area (Å²) in [7, 11) is 0. The lowest BCUT2D eigenvalue weighted by Gasteiger charge is -2.20. The number of carbonyl (C=O) groups is 1. The van der Waals surface area contributed by atoms with Crippen molar-refractivity contribution in [3.05, 3.63) is 53.9 Å². The lowest BCUT2D eigenvalue weighted by molar-refractivity contribution is -0.131. The Labute approximate surface area is 167 Å². The Hall–Kier alpha value is -2.32. The van der Waals surface area contributed by atoms with E-state index in [4.69, 9.17) is 0 Å². The van der Waals surface area contributed by atoms with Gasteiger partial charge in [-0.25, -0.2) is 8.78 Å². The molecule has 0 fully saturated rings. The second-order valence-corrected chi connectivity index (χ2v) is 6.71. The molecule has 0 unspecified atom stereocenters. The van der Waals surface area contributed by atoms with Crippen molar-refractivity contribution >= 4 is 5.78 Å². The summed E-state index contributed by atoms with van der Waals surface area (Å²) in [6.07, 6.45) is -3.11. The number of hydrogen-bond donors (Lipinski definition) is 2. The molecule has 0 saturated carbocycles. The fraction of sp³-hybridized carbons (Fsp3) is 0.429. The molecule has 8 heteroatoms. The zero-order valence-corrected chi connectivity index (χ0v) is 15.8. The predicted molar refractivity (Wildman–Crippen MR) is 102 cm³/mol. The van der Waals surface area contributed by atoms with Gasteiger partial charge in [0.25, 0.3) is 6.43 Å². The number of benzene rings is 1. The number of aliphatic hydroxyl groups is 1. The van der Waals surface area contributed by atoms with Crippen molar-refractivity contribution in [2.24, 2.45) is 5.92 Å². The average molecular weight is 412 g/mol. The standard InChI is InChI=1S/C21H24F4N2O2/c22-8-1-9-26-13-18-7-6-16(12-27-18)14-2-4-15(5-3-14)20(29)17(11-23)10-19(28)21(24)25/h2-7,12,17,20-21,26,29H,1,8-11,13H2/t17-,20-/m1/s1. The summed E-state index contributed by atoms with van der Waals surface area (Å²) >= 11 is 0. The van der Waals surface area contributed by atoms with Crippen molar-refractivity contribution in [3.8, 4) is 11.1 Å². The summed E-state index contributed by atoms with van der Waals surface area (Å²) in [6, 6.07) is 10.3. The number of nitrogens with zero attached hydrogens (tertiary/aromatic N) is 1. The van der Waals surface area contributed by atoms with Crippen LogP contribution in [0.3, 0.4) is 0 Å². The number of rotatable bonds is 12. The molecule has 4 nitrogen and oxygen atoms in total. The number of hydrogen-bond acceptors (Lipinski definition) is 4. The lowest BCUT2D eigenvalue weighted by atomic mass is 9.91. The Morgan fingerprint density at radius 2 is 1.76 bits per heavy atom. The summed E-state index contributed by atoms with van der Waals surface area (Å²) in [5, 5.41) is 13.3. The fourth-order valence-corrected chi connectivity index (χ4v) is 2.85. The topological polar surface area (TPSA) is 62.2 Å². The van der Waals surface area contributed by atoms with Crippen molar-refractivity contribution in [1.82, 2.24) is 10.3 Å². The Morgan fingerprint density at radius 3 is 2.31 bits per heavy atom. The molecule has 0 aliphatic carbocycles. The van der Waals surface area contributed by atoms with E-state index in [-0.39, 0.29) is 6.67 Å². The van der Waals surface area contributed by atoms with Crippen LogP contribution in [0.15, 0.2) is 42.6 Å². The van der Waals surface area contributed by atoms with Gasteiger partial charge in [0, 0.05) is 30.6 Å². The third-order valence-corrected chi connectivity index (χ3v) is 4.56. The van der Waals surface area contributed by atoms with Gasteiger partial charge in [0.1, 0.15) is 0 Å². The van der Waals surface area contributed by atoms with Crippen LogP contribution < -0.4 is 5.32 Å². The minimum absolute atomic E-state index is 0.347. The van der Waals surface area contributed by atoms with E-state index in [0.717, 1.165) is 16.8 Å². The lowest BCUT2D eigenvalue weighted by Crippen LogP contribution is -2.22. The van der Waals surface area contributed by atoms with Crippen LogP contribution in [0, 0.1) is 5.92 Å². The Kier molecular flexibility index (Phi) is 9.21. The number of ketones is 1. The van der Waals surface area contributed by atoms with Gasteiger partial charge in [0.2, 0.25) is 0 Å². The smallest absolute Gasteiger partial charge is 0.295 e. The molecule has 0 bridgehead atoms. The van der Waals surface area contributed by atoms with E-state index in [1.165, 1.54) is 0 Å². The highest BCUT2D eigenvalue weighted by molar-refractivity contribution is 5.81. The number of pyridine rings is 1. The first-order chi connectivity index (χ1) is 14.0. The molecule has 0 aliphatic heterocycles. The van der Waals surface area contributed by atoms with Crippen LogP contribution in [0.2, 0.25) is 0 Å². The molecule has 0 amide bonds. The zero-order valence-electron chi connectivity index (χ0n) is 15.8. The minimum Gasteiger partial charge on any atom is -0.388 e. The largest absolute Gasteiger partial charge is 0.388 e. The number of alkyl halides is 4. The van der Waals surface area contributed by atoms with E-state index < -0.39 is 37.3 Å². The molecule has 2 aromatic rings. The van der Waals surface area contributed by atoms with Crippen LogP contribution in [-0.4, -0.2) is 42.2 Å². The maximum absolute atomic E-state index is 13.1. The molecule has 1 aromatic heterocycles. The molecule has 2 atom stereocenters. The summed E-state index contributed by atoms with van der Waals surface area (Å²) in [4.78, 5) is 15.5. The SMILES string of the molecule is O=C(C[C@H](CF)[C@H](O)c1ccc(-c2ccc(CNCCCF)nc2)cc1)C(F)F. The van der Waals surface area contributed by atoms with Crippen LogP contribution in [0.5, 0.6) is 0 Å². The van der Waals surface area contributed by atoms with Crippen molar-refractivity contribution in [3.63, 3.8) is 0 Å². The summed E-state index contributed by atoms with van der Waals surface area (Å²) in [5.41, 5.74) is 2.80. The van der Waals surface area contributed by atoms with Crippen molar-refractivity contribution in [1.29, 1.82) is 0 Å². The number of aliphatic hydroxyl groups excluding tert-OH is 1. The highest BCUT2D eigenvalue weighted by Gasteiger charge is 2.27. The molecule has 0 saturated heterocycles. The van der Waals surface area contributed by atoms with E-state index in [1.54, 1.807) is 30.5 Å². The number of carbonyl (C=O) groups excluding carboxylic acids is 1. The maximum atomic E-state index is 13.1. The predicted octanol–water partition coefficient (Wildman–Crippen LogP) is 4.04. The molecular weight excluding hydrogens is 388 g/mol. The van der Waals surface area contributed by atoms with Gasteiger partial charge in [-0.3, -0.25) is 18.6 Å². The first-order valence-electron chi connectivity index (χ1n) is 9.33. The molecule has 0 spiro atoms. The van der Waals surface area contributed by atoms with Gasteiger partial charge in [0.05, 0.1) is 25.1 Å². The highest BCUT2D eigenvalue weighted by Crippen LogP contribution is 2.28. The van der Waals surface area contributed by atoms with Crippen LogP contribution in [0.4, 0.5) is 17.6 Å². The second-order valence-electron chi connectivity index (χ2n) is 6.71. The van der Waals surface area contributed by atoms with Crippen molar-refractivity contribution in [2.45, 2.75) is 31.9 Å². The molecule has 2 rings (SSSR count). The third-order valence-electron chi connectivity index (χ3n) is 4.56. The number of nitrogens with one attached hydrogen (secondary N) is 1. The molecule has 0 radical (unpaired) electrons. The van der Waals surface area contributed by atoms with Gasteiger partial charge < -0.3 is 10.4 Å². The van der Waals surface area contributed by atoms with E-state index in [1.807, 2.05) is 12.1 Å². The quantitative estimate of drug-likeness (QED) is 0.408. The first-order valence-corrected chi connectivity index (χ1v) is 9.33. The van der Waals surface area contributed by atoms with Crippen LogP contribution in [0.25, 0.3) is 11.1 Å². The summed E-state index contributed by atoms with van der Waals surface area (Å²) in [6.45, 7) is -0.329. The van der Waals surface area contributed by atoms with E-state index >= 15 is 0 Å². The van der Waals surface area contributed by atoms with E-state index in [9.17, 15) is 27.5 Å². The van der Waals surface area contributed by atoms with E-state index in [0.29, 0.717) is 25.1 Å². The number of Topliss-reactive ketones (excluding diaryl/α,β-unsaturated/α-hetero) is 1.